The Hall–Kier alpha value is -0.900. The van der Waals surface area contributed by atoms with Crippen LogP contribution in [0.5, 0.6) is 0 Å². The van der Waals surface area contributed by atoms with Crippen LogP contribution in [0.25, 0.3) is 0 Å². The van der Waals surface area contributed by atoms with E-state index in [-0.39, 0.29) is 6.10 Å². The third kappa shape index (κ3) is 4.60. The zero-order valence-corrected chi connectivity index (χ0v) is 12.1. The summed E-state index contributed by atoms with van der Waals surface area (Å²) >= 11 is 0. The second-order valence-corrected chi connectivity index (χ2v) is 5.81. The standard InChI is InChI=1S/C16H26N2O/c1-13(2)19-12-15-5-3-4-14(8-15)10-18-7-6-16(9-17)11-18/h3-5,8,13,16H,6-7,9-12,17H2,1-2H3. The van der Waals surface area contributed by atoms with E-state index in [1.54, 1.807) is 0 Å². The van der Waals surface area contributed by atoms with Gasteiger partial charge in [0.25, 0.3) is 0 Å². The van der Waals surface area contributed by atoms with Crippen LogP contribution in [0.1, 0.15) is 31.4 Å². The van der Waals surface area contributed by atoms with Gasteiger partial charge in [0.1, 0.15) is 0 Å². The summed E-state index contributed by atoms with van der Waals surface area (Å²) in [5, 5.41) is 0. The Bertz CT molecular complexity index is 392. The van der Waals surface area contributed by atoms with Gasteiger partial charge in [-0.05, 0) is 50.4 Å². The fourth-order valence-electron chi connectivity index (χ4n) is 2.59. The number of hydrogen-bond donors (Lipinski definition) is 1. The molecule has 1 atom stereocenters. The van der Waals surface area contributed by atoms with Crippen molar-refractivity contribution in [3.63, 3.8) is 0 Å². The van der Waals surface area contributed by atoms with Gasteiger partial charge in [0.2, 0.25) is 0 Å². The highest BCUT2D eigenvalue weighted by Gasteiger charge is 2.20. The molecule has 0 spiro atoms. The molecule has 1 unspecified atom stereocenters. The molecule has 0 radical (unpaired) electrons. The summed E-state index contributed by atoms with van der Waals surface area (Å²) in [6.45, 7) is 9.02. The van der Waals surface area contributed by atoms with Crippen molar-refractivity contribution in [2.45, 2.75) is 39.5 Å². The molecule has 106 valence electrons. The summed E-state index contributed by atoms with van der Waals surface area (Å²) in [4.78, 5) is 2.50. The number of hydrogen-bond acceptors (Lipinski definition) is 3. The van der Waals surface area contributed by atoms with E-state index in [1.807, 2.05) is 0 Å². The van der Waals surface area contributed by atoms with Gasteiger partial charge in [-0.15, -0.1) is 0 Å². The highest BCUT2D eigenvalue weighted by molar-refractivity contribution is 5.23. The molecule has 1 aliphatic heterocycles. The Morgan fingerprint density at radius 1 is 1.37 bits per heavy atom. The smallest absolute Gasteiger partial charge is 0.0720 e. The maximum absolute atomic E-state index is 5.74. The molecule has 1 aromatic carbocycles. The topological polar surface area (TPSA) is 38.5 Å². The van der Waals surface area contributed by atoms with Crippen molar-refractivity contribution in [1.29, 1.82) is 0 Å². The van der Waals surface area contributed by atoms with Gasteiger partial charge in [0.05, 0.1) is 12.7 Å². The van der Waals surface area contributed by atoms with Crippen LogP contribution in [-0.2, 0) is 17.9 Å². The lowest BCUT2D eigenvalue weighted by atomic mass is 10.1. The molecule has 1 aromatic rings. The van der Waals surface area contributed by atoms with Gasteiger partial charge >= 0.3 is 0 Å². The Labute approximate surface area is 116 Å². The quantitative estimate of drug-likeness (QED) is 0.855. The molecule has 1 heterocycles. The first-order valence-electron chi connectivity index (χ1n) is 7.29. The number of rotatable bonds is 6. The van der Waals surface area contributed by atoms with Crippen molar-refractivity contribution in [3.8, 4) is 0 Å². The zero-order valence-electron chi connectivity index (χ0n) is 12.1. The Morgan fingerprint density at radius 2 is 2.16 bits per heavy atom. The van der Waals surface area contributed by atoms with Crippen molar-refractivity contribution in [3.05, 3.63) is 35.4 Å². The van der Waals surface area contributed by atoms with Gasteiger partial charge in [-0.1, -0.05) is 24.3 Å². The first kappa shape index (κ1) is 14.5. The van der Waals surface area contributed by atoms with Gasteiger partial charge in [0, 0.05) is 13.1 Å². The molecule has 0 saturated carbocycles. The SMILES string of the molecule is CC(C)OCc1cccc(CN2CCC(CN)C2)c1. The molecule has 1 aliphatic rings. The third-order valence-corrected chi connectivity index (χ3v) is 3.68. The predicted molar refractivity (Wildman–Crippen MR) is 78.8 cm³/mol. The minimum absolute atomic E-state index is 0.285. The van der Waals surface area contributed by atoms with E-state index < -0.39 is 0 Å². The molecular weight excluding hydrogens is 236 g/mol. The molecule has 0 aliphatic carbocycles. The Kier molecular flexibility index (Phi) is 5.37. The Morgan fingerprint density at radius 3 is 2.84 bits per heavy atom. The number of nitrogens with zero attached hydrogens (tertiary/aromatic N) is 1. The van der Waals surface area contributed by atoms with Crippen LogP contribution in [-0.4, -0.2) is 30.6 Å². The lowest BCUT2D eigenvalue weighted by molar-refractivity contribution is 0.0656. The Balaban J connectivity index is 1.88. The molecule has 3 heteroatoms. The molecule has 1 saturated heterocycles. The minimum Gasteiger partial charge on any atom is -0.374 e. The number of likely N-dealkylation sites (tertiary alicyclic amines) is 1. The van der Waals surface area contributed by atoms with E-state index in [9.17, 15) is 0 Å². The van der Waals surface area contributed by atoms with E-state index >= 15 is 0 Å². The highest BCUT2D eigenvalue weighted by Crippen LogP contribution is 2.18. The van der Waals surface area contributed by atoms with Gasteiger partial charge < -0.3 is 10.5 Å². The van der Waals surface area contributed by atoms with Crippen molar-refractivity contribution in [2.75, 3.05) is 19.6 Å². The van der Waals surface area contributed by atoms with Crippen LogP contribution in [0.15, 0.2) is 24.3 Å². The van der Waals surface area contributed by atoms with Crippen LogP contribution in [0.2, 0.25) is 0 Å². The fourth-order valence-corrected chi connectivity index (χ4v) is 2.59. The second kappa shape index (κ2) is 7.04. The van der Waals surface area contributed by atoms with E-state index in [0.717, 1.165) is 19.6 Å². The van der Waals surface area contributed by atoms with E-state index in [2.05, 4.69) is 43.0 Å². The fraction of sp³-hybridized carbons (Fsp3) is 0.625. The molecule has 0 amide bonds. The molecule has 0 aromatic heterocycles. The largest absolute Gasteiger partial charge is 0.374 e. The molecule has 3 nitrogen and oxygen atoms in total. The first-order chi connectivity index (χ1) is 9.17. The van der Waals surface area contributed by atoms with Crippen LogP contribution >= 0.6 is 0 Å². The molecule has 1 fully saturated rings. The van der Waals surface area contributed by atoms with Gasteiger partial charge in [-0.2, -0.15) is 0 Å². The van der Waals surface area contributed by atoms with Crippen LogP contribution in [0, 0.1) is 5.92 Å². The zero-order chi connectivity index (χ0) is 13.7. The summed E-state index contributed by atoms with van der Waals surface area (Å²) < 4.78 is 5.66. The lowest BCUT2D eigenvalue weighted by Crippen LogP contribution is -2.22. The number of ether oxygens (including phenoxy) is 1. The number of nitrogens with two attached hydrogens (primary N) is 1. The predicted octanol–water partition coefficient (Wildman–Crippen LogP) is 2.39. The van der Waals surface area contributed by atoms with Crippen molar-refractivity contribution < 1.29 is 4.74 Å². The molecule has 2 N–H and O–H groups in total. The molecular formula is C16H26N2O. The van der Waals surface area contributed by atoms with Crippen molar-refractivity contribution >= 4 is 0 Å². The molecule has 0 bridgehead atoms. The van der Waals surface area contributed by atoms with E-state index in [4.69, 9.17) is 10.5 Å². The minimum atomic E-state index is 0.285. The normalized spacial score (nSPS) is 20.3. The molecule has 19 heavy (non-hydrogen) atoms. The summed E-state index contributed by atoms with van der Waals surface area (Å²) in [6.07, 6.45) is 1.53. The number of benzene rings is 1. The monoisotopic (exact) mass is 262 g/mol. The van der Waals surface area contributed by atoms with Gasteiger partial charge in [0.15, 0.2) is 0 Å². The van der Waals surface area contributed by atoms with Crippen LogP contribution in [0.3, 0.4) is 0 Å². The van der Waals surface area contributed by atoms with Gasteiger partial charge in [-0.3, -0.25) is 4.90 Å². The van der Waals surface area contributed by atoms with E-state index in [1.165, 1.54) is 24.1 Å². The highest BCUT2D eigenvalue weighted by atomic mass is 16.5. The summed E-state index contributed by atoms with van der Waals surface area (Å²) in [5.41, 5.74) is 8.38. The summed E-state index contributed by atoms with van der Waals surface area (Å²) in [5.74, 6) is 0.687. The van der Waals surface area contributed by atoms with Crippen LogP contribution in [0.4, 0.5) is 0 Å². The van der Waals surface area contributed by atoms with Gasteiger partial charge in [-0.25, -0.2) is 0 Å². The average Bonchev–Trinajstić information content (AvgIpc) is 2.84. The maximum atomic E-state index is 5.74. The maximum Gasteiger partial charge on any atom is 0.0720 e. The second-order valence-electron chi connectivity index (χ2n) is 5.81. The lowest BCUT2D eigenvalue weighted by Gasteiger charge is -2.16. The van der Waals surface area contributed by atoms with E-state index in [0.29, 0.717) is 12.5 Å². The average molecular weight is 262 g/mol. The first-order valence-corrected chi connectivity index (χ1v) is 7.29. The van der Waals surface area contributed by atoms with Crippen molar-refractivity contribution in [2.24, 2.45) is 11.7 Å². The van der Waals surface area contributed by atoms with Crippen LogP contribution < -0.4 is 5.73 Å². The molecule has 2 rings (SSSR count). The summed E-state index contributed by atoms with van der Waals surface area (Å²) in [7, 11) is 0. The van der Waals surface area contributed by atoms with Crippen molar-refractivity contribution in [1.82, 2.24) is 4.90 Å². The third-order valence-electron chi connectivity index (χ3n) is 3.68. The summed E-state index contributed by atoms with van der Waals surface area (Å²) in [6, 6.07) is 8.73.